The Morgan fingerprint density at radius 1 is 1.00 bits per heavy atom. The Morgan fingerprint density at radius 2 is 1.71 bits per heavy atom. The predicted molar refractivity (Wildman–Crippen MR) is 85.8 cm³/mol. The van der Waals surface area contributed by atoms with Gasteiger partial charge in [-0.3, -0.25) is 4.79 Å². The summed E-state index contributed by atoms with van der Waals surface area (Å²) >= 11 is 0. The van der Waals surface area contributed by atoms with Crippen LogP contribution in [0.4, 0.5) is 5.69 Å². The highest BCUT2D eigenvalue weighted by Gasteiger charge is 2.18. The quantitative estimate of drug-likeness (QED) is 0.841. The first kappa shape index (κ1) is 13.6. The lowest BCUT2D eigenvalue weighted by Crippen LogP contribution is -2.35. The van der Waals surface area contributed by atoms with Gasteiger partial charge in [-0.2, -0.15) is 0 Å². The molecule has 0 radical (unpaired) electrons. The number of allylic oxidation sites excluding steroid dienone is 1. The normalized spacial score (nSPS) is 21.1. The molecule has 1 amide bonds. The van der Waals surface area contributed by atoms with Gasteiger partial charge in [-0.05, 0) is 30.0 Å². The summed E-state index contributed by atoms with van der Waals surface area (Å²) in [6.07, 6.45) is 3.61. The Kier molecular flexibility index (Phi) is 3.84. The van der Waals surface area contributed by atoms with Gasteiger partial charge in [0.05, 0.1) is 6.04 Å². The minimum atomic E-state index is -0.468. The maximum atomic E-state index is 12.1. The maximum absolute atomic E-state index is 12.1. The van der Waals surface area contributed by atoms with E-state index in [-0.39, 0.29) is 5.91 Å². The Bertz CT molecular complexity index is 677. The van der Waals surface area contributed by atoms with Crippen molar-refractivity contribution in [3.8, 4) is 0 Å². The molecule has 1 heterocycles. The fourth-order valence-corrected chi connectivity index (χ4v) is 2.59. The zero-order valence-electron chi connectivity index (χ0n) is 11.8. The molecule has 1 atom stereocenters. The summed E-state index contributed by atoms with van der Waals surface area (Å²) in [5.41, 5.74) is 10.1. The average Bonchev–Trinajstić information content (AvgIpc) is 2.58. The van der Waals surface area contributed by atoms with Crippen molar-refractivity contribution >= 4 is 17.2 Å². The molecule has 1 aliphatic rings. The van der Waals surface area contributed by atoms with Crippen molar-refractivity contribution in [3.63, 3.8) is 0 Å². The lowest BCUT2D eigenvalue weighted by atomic mass is 9.95. The molecule has 2 aromatic rings. The lowest BCUT2D eigenvalue weighted by molar-refractivity contribution is -0.117. The molecule has 106 valence electrons. The van der Waals surface area contributed by atoms with Gasteiger partial charge in [0.15, 0.2) is 0 Å². The predicted octanol–water partition coefficient (Wildman–Crippen LogP) is 3.18. The topological polar surface area (TPSA) is 55.1 Å². The third-order valence-corrected chi connectivity index (χ3v) is 3.72. The third kappa shape index (κ3) is 2.88. The van der Waals surface area contributed by atoms with Crippen LogP contribution >= 0.6 is 0 Å². The van der Waals surface area contributed by atoms with Gasteiger partial charge in [-0.25, -0.2) is 0 Å². The van der Waals surface area contributed by atoms with Crippen LogP contribution in [0.15, 0.2) is 60.7 Å². The van der Waals surface area contributed by atoms with Crippen LogP contribution in [0.1, 0.15) is 24.0 Å². The molecule has 0 bridgehead atoms. The third-order valence-electron chi connectivity index (χ3n) is 3.72. The van der Waals surface area contributed by atoms with Crippen LogP contribution in [0.2, 0.25) is 0 Å². The number of carbonyl (C=O) groups is 1. The van der Waals surface area contributed by atoms with Crippen LogP contribution in [-0.2, 0) is 4.79 Å². The average molecular weight is 278 g/mol. The molecule has 0 unspecified atom stereocenters. The molecule has 0 fully saturated rings. The second kappa shape index (κ2) is 5.94. The van der Waals surface area contributed by atoms with Crippen LogP contribution in [-0.4, -0.2) is 11.9 Å². The summed E-state index contributed by atoms with van der Waals surface area (Å²) in [6.45, 7) is 0. The van der Waals surface area contributed by atoms with Crippen LogP contribution in [0.3, 0.4) is 0 Å². The SMILES string of the molecule is N[C@H]1CC/C=C(/c2ccccc2)c2ccccc2NC1=O. The summed E-state index contributed by atoms with van der Waals surface area (Å²) in [5.74, 6) is -0.120. The van der Waals surface area contributed by atoms with Gasteiger partial charge in [-0.1, -0.05) is 54.6 Å². The van der Waals surface area contributed by atoms with E-state index in [0.717, 1.165) is 28.8 Å². The van der Waals surface area contributed by atoms with Gasteiger partial charge >= 0.3 is 0 Å². The van der Waals surface area contributed by atoms with E-state index in [4.69, 9.17) is 5.73 Å². The van der Waals surface area contributed by atoms with E-state index in [1.54, 1.807) is 0 Å². The van der Waals surface area contributed by atoms with Crippen molar-refractivity contribution < 1.29 is 4.79 Å². The zero-order chi connectivity index (χ0) is 14.7. The van der Waals surface area contributed by atoms with Gasteiger partial charge in [0.25, 0.3) is 0 Å². The smallest absolute Gasteiger partial charge is 0.241 e. The number of rotatable bonds is 1. The largest absolute Gasteiger partial charge is 0.324 e. The Balaban J connectivity index is 2.12. The number of nitrogens with one attached hydrogen (secondary N) is 1. The van der Waals surface area contributed by atoms with Crippen molar-refractivity contribution in [2.75, 3.05) is 5.32 Å². The number of benzene rings is 2. The molecule has 2 aromatic carbocycles. The Hall–Kier alpha value is -2.39. The van der Waals surface area contributed by atoms with Gasteiger partial charge in [0.1, 0.15) is 0 Å². The van der Waals surface area contributed by atoms with E-state index in [2.05, 4.69) is 23.5 Å². The molecule has 0 spiro atoms. The van der Waals surface area contributed by atoms with E-state index in [1.807, 2.05) is 42.5 Å². The van der Waals surface area contributed by atoms with Crippen LogP contribution in [0.5, 0.6) is 0 Å². The second-order valence-corrected chi connectivity index (χ2v) is 5.20. The van der Waals surface area contributed by atoms with Crippen LogP contribution in [0, 0.1) is 0 Å². The van der Waals surface area contributed by atoms with Crippen molar-refractivity contribution in [1.29, 1.82) is 0 Å². The highest BCUT2D eigenvalue weighted by molar-refractivity contribution is 5.99. The van der Waals surface area contributed by atoms with E-state index in [1.165, 1.54) is 0 Å². The fourth-order valence-electron chi connectivity index (χ4n) is 2.59. The number of carbonyl (C=O) groups excluding carboxylic acids is 1. The highest BCUT2D eigenvalue weighted by Crippen LogP contribution is 2.31. The van der Waals surface area contributed by atoms with E-state index in [9.17, 15) is 4.79 Å². The first-order valence-corrected chi connectivity index (χ1v) is 7.17. The lowest BCUT2D eigenvalue weighted by Gasteiger charge is -2.14. The number of nitrogens with two attached hydrogens (primary N) is 1. The number of fused-ring (bicyclic) bond motifs is 1. The molecule has 0 saturated heterocycles. The van der Waals surface area contributed by atoms with E-state index in [0.29, 0.717) is 6.42 Å². The molecular weight excluding hydrogens is 260 g/mol. The minimum absolute atomic E-state index is 0.120. The number of hydrogen-bond acceptors (Lipinski definition) is 2. The van der Waals surface area contributed by atoms with Crippen molar-refractivity contribution in [3.05, 3.63) is 71.8 Å². The summed E-state index contributed by atoms with van der Waals surface area (Å²) in [4.78, 5) is 12.1. The van der Waals surface area contributed by atoms with Crippen LogP contribution in [0.25, 0.3) is 5.57 Å². The first-order chi connectivity index (χ1) is 10.3. The van der Waals surface area contributed by atoms with Crippen molar-refractivity contribution in [2.45, 2.75) is 18.9 Å². The molecule has 21 heavy (non-hydrogen) atoms. The summed E-state index contributed by atoms with van der Waals surface area (Å²) < 4.78 is 0. The standard InChI is InChI=1S/C18H18N2O/c19-16-11-6-10-14(13-7-2-1-3-8-13)15-9-4-5-12-17(15)20-18(16)21/h1-5,7-10,12,16H,6,11,19H2,(H,20,21)/b14-10-/t16-/m0/s1. The molecule has 3 heteroatoms. The van der Waals surface area contributed by atoms with Crippen molar-refractivity contribution in [1.82, 2.24) is 0 Å². The highest BCUT2D eigenvalue weighted by atomic mass is 16.2. The number of para-hydroxylation sites is 1. The van der Waals surface area contributed by atoms with Crippen LogP contribution < -0.4 is 11.1 Å². The summed E-state index contributed by atoms with van der Waals surface area (Å²) in [6, 6.07) is 17.6. The van der Waals surface area contributed by atoms with Gasteiger partial charge < -0.3 is 11.1 Å². The van der Waals surface area contributed by atoms with Crippen molar-refractivity contribution in [2.24, 2.45) is 5.73 Å². The molecule has 0 aliphatic carbocycles. The zero-order valence-corrected chi connectivity index (χ0v) is 11.8. The van der Waals surface area contributed by atoms with Gasteiger partial charge in [0, 0.05) is 11.3 Å². The van der Waals surface area contributed by atoms with E-state index >= 15 is 0 Å². The molecule has 3 rings (SSSR count). The molecule has 0 saturated carbocycles. The number of amides is 1. The molecule has 3 N–H and O–H groups in total. The first-order valence-electron chi connectivity index (χ1n) is 7.17. The number of anilines is 1. The fraction of sp³-hybridized carbons (Fsp3) is 0.167. The number of hydrogen-bond donors (Lipinski definition) is 2. The molecule has 0 aromatic heterocycles. The maximum Gasteiger partial charge on any atom is 0.241 e. The summed E-state index contributed by atoms with van der Waals surface area (Å²) in [5, 5.41) is 2.95. The van der Waals surface area contributed by atoms with Gasteiger partial charge in [0.2, 0.25) is 5.91 Å². The minimum Gasteiger partial charge on any atom is -0.324 e. The molecule has 1 aliphatic heterocycles. The monoisotopic (exact) mass is 278 g/mol. The Morgan fingerprint density at radius 3 is 2.52 bits per heavy atom. The second-order valence-electron chi connectivity index (χ2n) is 5.20. The summed E-state index contributed by atoms with van der Waals surface area (Å²) in [7, 11) is 0. The molecular formula is C18H18N2O. The van der Waals surface area contributed by atoms with E-state index < -0.39 is 6.04 Å². The van der Waals surface area contributed by atoms with Gasteiger partial charge in [-0.15, -0.1) is 0 Å². The molecule has 3 nitrogen and oxygen atoms in total. The Labute approximate surface area is 124 Å².